The molecule has 0 saturated heterocycles. The van der Waals surface area contributed by atoms with Gasteiger partial charge in [-0.2, -0.15) is 24.3 Å². The van der Waals surface area contributed by atoms with Gasteiger partial charge in [0.1, 0.15) is 0 Å². The van der Waals surface area contributed by atoms with Crippen molar-refractivity contribution >= 4 is 21.8 Å². The Balaban J connectivity index is 0.00000115. The molecule has 4 heteroatoms. The summed E-state index contributed by atoms with van der Waals surface area (Å²) in [5, 5.41) is 1.93. The number of hydrogen-bond acceptors (Lipinski definition) is 2. The summed E-state index contributed by atoms with van der Waals surface area (Å²) in [5.74, 6) is 0. The van der Waals surface area contributed by atoms with Gasteiger partial charge in [-0.3, -0.25) is 9.78 Å². The van der Waals surface area contributed by atoms with Crippen LogP contribution in [0.5, 0.6) is 0 Å². The van der Waals surface area contributed by atoms with Gasteiger partial charge in [-0.15, -0.1) is 6.07 Å². The molecule has 0 fully saturated rings. The van der Waals surface area contributed by atoms with Gasteiger partial charge in [0.15, 0.2) is 0 Å². The van der Waals surface area contributed by atoms with E-state index in [9.17, 15) is 4.79 Å². The fourth-order valence-corrected chi connectivity index (χ4v) is 2.80. The first-order valence-electron chi connectivity index (χ1n) is 9.12. The van der Waals surface area contributed by atoms with E-state index in [4.69, 9.17) is 0 Å². The number of pyridine rings is 2. The van der Waals surface area contributed by atoms with Crippen LogP contribution in [-0.4, -0.2) is 9.55 Å². The summed E-state index contributed by atoms with van der Waals surface area (Å²) < 4.78 is 1.73. The molecular weight excluding hydrogens is 383 g/mol. The zero-order valence-corrected chi connectivity index (χ0v) is 18.9. The largest absolute Gasteiger partial charge is 2.00 e. The van der Waals surface area contributed by atoms with Crippen LogP contribution in [0.15, 0.2) is 65.6 Å². The molecule has 2 heterocycles. The molecule has 3 nitrogen and oxygen atoms in total. The van der Waals surface area contributed by atoms with E-state index in [0.29, 0.717) is 0 Å². The van der Waals surface area contributed by atoms with Gasteiger partial charge in [0, 0.05) is 23.0 Å². The topological polar surface area (TPSA) is 34.9 Å². The third kappa shape index (κ3) is 5.12. The molecule has 0 atom stereocenters. The minimum absolute atomic E-state index is 0. The Labute approximate surface area is 180 Å². The van der Waals surface area contributed by atoms with E-state index in [1.165, 1.54) is 0 Å². The second-order valence-corrected chi connectivity index (χ2v) is 5.35. The molecule has 0 bridgehead atoms. The molecule has 0 saturated carbocycles. The van der Waals surface area contributed by atoms with Crippen LogP contribution in [0.25, 0.3) is 27.5 Å². The quantitative estimate of drug-likeness (QED) is 0.278. The van der Waals surface area contributed by atoms with Crippen molar-refractivity contribution in [2.45, 2.75) is 34.6 Å². The maximum Gasteiger partial charge on any atom is 2.00 e. The average Bonchev–Trinajstić information content (AvgIpc) is 2.71. The number of hydrogen-bond donors (Lipinski definition) is 0. The summed E-state index contributed by atoms with van der Waals surface area (Å²) >= 11 is 0. The third-order valence-electron chi connectivity index (χ3n) is 3.82. The molecule has 4 rings (SSSR count). The van der Waals surface area contributed by atoms with Gasteiger partial charge in [0.25, 0.3) is 0 Å². The van der Waals surface area contributed by atoms with Crippen molar-refractivity contribution in [2.24, 2.45) is 0 Å². The molecule has 28 heavy (non-hydrogen) atoms. The van der Waals surface area contributed by atoms with Crippen LogP contribution < -0.4 is 5.56 Å². The van der Waals surface area contributed by atoms with Crippen LogP contribution in [0.4, 0.5) is 0 Å². The average molecular weight is 411 g/mol. The number of nitrogens with zero attached hydrogens (tertiary/aromatic N) is 2. The summed E-state index contributed by atoms with van der Waals surface area (Å²) in [6, 6.07) is 20.0. The van der Waals surface area contributed by atoms with Gasteiger partial charge in [0.2, 0.25) is 5.56 Å². The van der Waals surface area contributed by atoms with Gasteiger partial charge < -0.3 is 12.0 Å². The fraction of sp³-hybridized carbons (Fsp3) is 0.208. The van der Waals surface area contributed by atoms with E-state index in [-0.39, 0.29) is 31.5 Å². The van der Waals surface area contributed by atoms with E-state index in [2.05, 4.69) is 17.1 Å². The Hall–Kier alpha value is -2.36. The van der Waals surface area contributed by atoms with E-state index in [0.717, 1.165) is 33.1 Å². The van der Waals surface area contributed by atoms with Gasteiger partial charge in [-0.25, -0.2) is 0 Å². The number of aromatic nitrogens is 2. The zero-order chi connectivity index (χ0) is 19.1. The van der Waals surface area contributed by atoms with Gasteiger partial charge in [-0.1, -0.05) is 45.0 Å². The molecular formula is C24H28N2OV. The van der Waals surface area contributed by atoms with Gasteiger partial charge in [-0.05, 0) is 25.1 Å². The second-order valence-electron chi connectivity index (χ2n) is 5.35. The van der Waals surface area contributed by atoms with Crippen LogP contribution in [0, 0.1) is 20.4 Å². The van der Waals surface area contributed by atoms with Crippen LogP contribution in [0.2, 0.25) is 0 Å². The third-order valence-corrected chi connectivity index (χ3v) is 3.82. The molecule has 0 unspecified atom stereocenters. The molecule has 0 aliphatic carbocycles. The Morgan fingerprint density at radius 2 is 1.71 bits per heavy atom. The SMILES string of the molecule is CC.CC.Cc1ccc2ncc3ccc(=O)n(-c4c[c-]ccc4)c3c2c1.[CH3-].[V+2]. The normalized spacial score (nSPS) is 9.18. The molecule has 4 aromatic rings. The van der Waals surface area contributed by atoms with Crippen molar-refractivity contribution < 1.29 is 18.6 Å². The standard InChI is InChI=1S/C19H13N2O.2C2H6.CH3.V/c1-13-7-9-17-16(11-13)19-14(12-20-17)8-10-18(22)21(19)15-5-3-2-4-6-15;2*1-2;;/h2-3,5-12H,1H3;2*1-2H3;1H3;/q-1;;;-1;+2. The molecule has 2 aromatic heterocycles. The predicted molar refractivity (Wildman–Crippen MR) is 118 cm³/mol. The van der Waals surface area contributed by atoms with Crippen LogP contribution in [-0.2, 0) is 18.6 Å². The van der Waals surface area contributed by atoms with E-state index >= 15 is 0 Å². The zero-order valence-electron chi connectivity index (χ0n) is 17.5. The number of fused-ring (bicyclic) bond motifs is 3. The van der Waals surface area contributed by atoms with Crippen molar-refractivity contribution in [3.8, 4) is 5.69 Å². The fourth-order valence-electron chi connectivity index (χ4n) is 2.80. The maximum atomic E-state index is 12.5. The number of benzene rings is 2. The van der Waals surface area contributed by atoms with Crippen molar-refractivity contribution in [3.05, 3.63) is 90.2 Å². The first-order valence-corrected chi connectivity index (χ1v) is 9.12. The smallest absolute Gasteiger partial charge is 0.358 e. The summed E-state index contributed by atoms with van der Waals surface area (Å²) in [5.41, 5.74) is 3.68. The summed E-state index contributed by atoms with van der Waals surface area (Å²) in [6.45, 7) is 10.0. The van der Waals surface area contributed by atoms with E-state index < -0.39 is 0 Å². The molecule has 1 radical (unpaired) electrons. The predicted octanol–water partition coefficient (Wildman–Crippen LogP) is 6.15. The van der Waals surface area contributed by atoms with E-state index in [1.807, 2.05) is 83.3 Å². The van der Waals surface area contributed by atoms with Crippen molar-refractivity contribution in [3.63, 3.8) is 0 Å². The minimum atomic E-state index is -0.0545. The summed E-state index contributed by atoms with van der Waals surface area (Å²) in [4.78, 5) is 17.0. The number of aryl methyl sites for hydroxylation is 1. The Morgan fingerprint density at radius 3 is 2.36 bits per heavy atom. The summed E-state index contributed by atoms with van der Waals surface area (Å²) in [6.07, 6.45) is 1.82. The molecule has 0 spiro atoms. The maximum absolute atomic E-state index is 12.5. The molecule has 2 aromatic carbocycles. The van der Waals surface area contributed by atoms with Crippen LogP contribution in [0.3, 0.4) is 0 Å². The monoisotopic (exact) mass is 411 g/mol. The summed E-state index contributed by atoms with van der Waals surface area (Å²) in [7, 11) is 0. The Morgan fingerprint density at radius 1 is 1.00 bits per heavy atom. The van der Waals surface area contributed by atoms with Crippen molar-refractivity contribution in [1.29, 1.82) is 0 Å². The van der Waals surface area contributed by atoms with E-state index in [1.54, 1.807) is 10.6 Å². The molecule has 145 valence electrons. The first-order chi connectivity index (χ1) is 12.7. The minimum Gasteiger partial charge on any atom is -0.358 e. The van der Waals surface area contributed by atoms with Crippen molar-refractivity contribution in [2.75, 3.05) is 0 Å². The van der Waals surface area contributed by atoms with Crippen molar-refractivity contribution in [1.82, 2.24) is 9.55 Å². The Bertz CT molecular complexity index is 1060. The molecule has 0 amide bonds. The van der Waals surface area contributed by atoms with Crippen LogP contribution in [0.1, 0.15) is 33.3 Å². The molecule has 0 aliphatic heterocycles. The molecule has 0 aliphatic rings. The van der Waals surface area contributed by atoms with Gasteiger partial charge >= 0.3 is 18.6 Å². The Kier molecular flexibility index (Phi) is 11.1. The second kappa shape index (κ2) is 12.2. The van der Waals surface area contributed by atoms with Gasteiger partial charge in [0.05, 0.1) is 11.0 Å². The number of rotatable bonds is 1. The first kappa shape index (κ1) is 25.6. The molecule has 0 N–H and O–H groups in total. The van der Waals surface area contributed by atoms with Crippen LogP contribution >= 0.6 is 0 Å².